The van der Waals surface area contributed by atoms with Gasteiger partial charge < -0.3 is 5.11 Å². The van der Waals surface area contributed by atoms with Crippen molar-refractivity contribution in [3.05, 3.63) is 28.2 Å². The Bertz CT molecular complexity index is 172. The zero-order valence-corrected chi connectivity index (χ0v) is 5.91. The summed E-state index contributed by atoms with van der Waals surface area (Å²) in [5, 5.41) is 11.3. The first kappa shape index (κ1) is 6.72. The summed E-state index contributed by atoms with van der Waals surface area (Å²) in [4.78, 5) is 0. The fourth-order valence-electron chi connectivity index (χ4n) is 0.529. The predicted molar refractivity (Wildman–Crippen MR) is 35.9 cm³/mol. The molecule has 0 spiro atoms. The monoisotopic (exact) mass is 161 g/mol. The van der Waals surface area contributed by atoms with Crippen molar-refractivity contribution < 1.29 is 5.11 Å². The minimum Gasteiger partial charge on any atom is -0.872 e. The average Bonchev–Trinajstić information content (AvgIpc) is 1.59. The lowest BCUT2D eigenvalue weighted by Gasteiger charge is -2.03. The molecule has 9 heavy (non-hydrogen) atoms. The Labute approximate surface area is 62.8 Å². The molecule has 0 saturated carbocycles. The minimum absolute atomic E-state index is 0.160. The molecule has 3 heteroatoms. The molecule has 0 bridgehead atoms. The summed E-state index contributed by atoms with van der Waals surface area (Å²) in [5.41, 5.74) is 0. The van der Waals surface area contributed by atoms with Gasteiger partial charge >= 0.3 is 0 Å². The van der Waals surface area contributed by atoms with Gasteiger partial charge in [-0.15, -0.1) is 5.75 Å². The van der Waals surface area contributed by atoms with Crippen LogP contribution in [-0.4, -0.2) is 0 Å². The molecular weight excluding hydrogens is 159 g/mol. The molecule has 1 aromatic carbocycles. The standard InChI is InChI=1S/C6H4Cl2O/c7-4-1-5(8)3-6(9)2-4/h1-3,9H/p-1. The van der Waals surface area contributed by atoms with Crippen LogP contribution in [0.5, 0.6) is 5.75 Å². The maximum absolute atomic E-state index is 10.5. The van der Waals surface area contributed by atoms with Gasteiger partial charge in [0.25, 0.3) is 0 Å². The van der Waals surface area contributed by atoms with Crippen LogP contribution in [0.4, 0.5) is 0 Å². The lowest BCUT2D eigenvalue weighted by Crippen LogP contribution is -1.87. The summed E-state index contributed by atoms with van der Waals surface area (Å²) in [6.07, 6.45) is 0. The molecule has 0 radical (unpaired) electrons. The van der Waals surface area contributed by atoms with Gasteiger partial charge in [-0.05, 0) is 6.07 Å². The van der Waals surface area contributed by atoms with Crippen molar-refractivity contribution in [2.24, 2.45) is 0 Å². The second-order valence-electron chi connectivity index (χ2n) is 1.61. The minimum atomic E-state index is -0.160. The molecule has 0 fully saturated rings. The molecule has 0 aliphatic heterocycles. The highest BCUT2D eigenvalue weighted by Crippen LogP contribution is 2.20. The Kier molecular flexibility index (Phi) is 1.84. The van der Waals surface area contributed by atoms with Crippen LogP contribution in [0.3, 0.4) is 0 Å². The van der Waals surface area contributed by atoms with E-state index < -0.39 is 0 Å². The van der Waals surface area contributed by atoms with Crippen LogP contribution >= 0.6 is 23.2 Å². The van der Waals surface area contributed by atoms with Crippen LogP contribution in [0.1, 0.15) is 0 Å². The molecule has 0 atom stereocenters. The molecule has 0 aliphatic rings. The Morgan fingerprint density at radius 1 is 1.00 bits per heavy atom. The molecule has 0 aliphatic carbocycles. The van der Waals surface area contributed by atoms with Gasteiger partial charge in [-0.1, -0.05) is 35.3 Å². The van der Waals surface area contributed by atoms with Gasteiger partial charge in [-0.3, -0.25) is 0 Å². The number of halogens is 2. The lowest BCUT2D eigenvalue weighted by atomic mass is 10.3. The van der Waals surface area contributed by atoms with Crippen molar-refractivity contribution in [2.45, 2.75) is 0 Å². The van der Waals surface area contributed by atoms with Crippen molar-refractivity contribution in [1.29, 1.82) is 0 Å². The topological polar surface area (TPSA) is 23.1 Å². The number of rotatable bonds is 0. The third-order valence-electron chi connectivity index (χ3n) is 0.836. The fourth-order valence-corrected chi connectivity index (χ4v) is 1.03. The van der Waals surface area contributed by atoms with E-state index in [-0.39, 0.29) is 5.75 Å². The molecule has 0 unspecified atom stereocenters. The first-order valence-corrected chi connectivity index (χ1v) is 3.07. The van der Waals surface area contributed by atoms with Crippen LogP contribution in [0.2, 0.25) is 10.0 Å². The van der Waals surface area contributed by atoms with E-state index in [0.717, 1.165) is 0 Å². The fraction of sp³-hybridized carbons (Fsp3) is 0. The summed E-state index contributed by atoms with van der Waals surface area (Å²) in [5.74, 6) is -0.160. The Hall–Kier alpha value is -0.400. The Morgan fingerprint density at radius 3 is 1.78 bits per heavy atom. The maximum Gasteiger partial charge on any atom is 0.0414 e. The average molecular weight is 162 g/mol. The van der Waals surface area contributed by atoms with E-state index in [2.05, 4.69) is 0 Å². The van der Waals surface area contributed by atoms with Crippen molar-refractivity contribution in [3.63, 3.8) is 0 Å². The van der Waals surface area contributed by atoms with Crippen molar-refractivity contribution in [2.75, 3.05) is 0 Å². The maximum atomic E-state index is 10.5. The molecule has 48 valence electrons. The highest BCUT2D eigenvalue weighted by Gasteiger charge is 1.87. The van der Waals surface area contributed by atoms with Crippen LogP contribution < -0.4 is 5.11 Å². The van der Waals surface area contributed by atoms with Gasteiger partial charge in [0.05, 0.1) is 0 Å². The van der Waals surface area contributed by atoms with Crippen LogP contribution in [-0.2, 0) is 0 Å². The molecule has 0 N–H and O–H groups in total. The highest BCUT2D eigenvalue weighted by atomic mass is 35.5. The van der Waals surface area contributed by atoms with Crippen LogP contribution in [0, 0.1) is 0 Å². The van der Waals surface area contributed by atoms with E-state index in [1.54, 1.807) is 0 Å². The lowest BCUT2D eigenvalue weighted by molar-refractivity contribution is -0.268. The van der Waals surface area contributed by atoms with Crippen molar-refractivity contribution in [1.82, 2.24) is 0 Å². The summed E-state index contributed by atoms with van der Waals surface area (Å²) in [6, 6.07) is 4.14. The van der Waals surface area contributed by atoms with E-state index in [0.29, 0.717) is 10.0 Å². The second kappa shape index (κ2) is 2.46. The largest absolute Gasteiger partial charge is 0.872 e. The molecule has 0 aromatic heterocycles. The van der Waals surface area contributed by atoms with E-state index in [4.69, 9.17) is 23.2 Å². The van der Waals surface area contributed by atoms with E-state index in [1.807, 2.05) is 0 Å². The van der Waals surface area contributed by atoms with Crippen molar-refractivity contribution >= 4 is 23.2 Å². The zero-order valence-electron chi connectivity index (χ0n) is 4.40. The van der Waals surface area contributed by atoms with Crippen molar-refractivity contribution in [3.8, 4) is 5.75 Å². The summed E-state index contributed by atoms with van der Waals surface area (Å²) < 4.78 is 0. The SMILES string of the molecule is [O-]c1cc(Cl)cc(Cl)c1. The third kappa shape index (κ3) is 1.77. The quantitative estimate of drug-likeness (QED) is 0.572. The molecule has 1 nitrogen and oxygen atoms in total. The zero-order chi connectivity index (χ0) is 6.85. The molecular formula is C6H3Cl2O-. The smallest absolute Gasteiger partial charge is 0.0414 e. The first-order chi connectivity index (χ1) is 4.18. The molecule has 0 saturated heterocycles. The summed E-state index contributed by atoms with van der Waals surface area (Å²) in [6.45, 7) is 0. The number of benzene rings is 1. The van der Waals surface area contributed by atoms with Gasteiger partial charge in [0.1, 0.15) is 0 Å². The Balaban J connectivity index is 3.17. The Morgan fingerprint density at radius 2 is 1.44 bits per heavy atom. The van der Waals surface area contributed by atoms with Crippen LogP contribution in [0.15, 0.2) is 18.2 Å². The van der Waals surface area contributed by atoms with E-state index in [1.165, 1.54) is 18.2 Å². The van der Waals surface area contributed by atoms with Gasteiger partial charge in [0.2, 0.25) is 0 Å². The number of hydrogen-bond donors (Lipinski definition) is 0. The van der Waals surface area contributed by atoms with E-state index in [9.17, 15) is 5.11 Å². The second-order valence-corrected chi connectivity index (χ2v) is 2.48. The molecule has 0 amide bonds. The molecule has 0 heterocycles. The third-order valence-corrected chi connectivity index (χ3v) is 1.27. The van der Waals surface area contributed by atoms with Gasteiger partial charge in [-0.2, -0.15) is 0 Å². The molecule has 1 aromatic rings. The van der Waals surface area contributed by atoms with Gasteiger partial charge in [0, 0.05) is 10.0 Å². The van der Waals surface area contributed by atoms with Gasteiger partial charge in [0.15, 0.2) is 0 Å². The normalized spacial score (nSPS) is 9.56. The summed E-state index contributed by atoms with van der Waals surface area (Å²) in [7, 11) is 0. The highest BCUT2D eigenvalue weighted by molar-refractivity contribution is 6.34. The van der Waals surface area contributed by atoms with Crippen LogP contribution in [0.25, 0.3) is 0 Å². The predicted octanol–water partition coefficient (Wildman–Crippen LogP) is 2.07. The first-order valence-electron chi connectivity index (χ1n) is 2.31. The number of hydrogen-bond acceptors (Lipinski definition) is 1. The van der Waals surface area contributed by atoms with Gasteiger partial charge in [-0.25, -0.2) is 0 Å². The summed E-state index contributed by atoms with van der Waals surface area (Å²) >= 11 is 10.9. The molecule has 1 rings (SSSR count). The van der Waals surface area contributed by atoms with E-state index >= 15 is 0 Å².